The third kappa shape index (κ3) is 3.84. The summed E-state index contributed by atoms with van der Waals surface area (Å²) in [5.74, 6) is 0. The molecule has 2 aromatic heterocycles. The van der Waals surface area contributed by atoms with Crippen LogP contribution in [0.5, 0.6) is 0 Å². The summed E-state index contributed by atoms with van der Waals surface area (Å²) in [6.45, 7) is 5.61. The molecule has 0 aromatic carbocycles. The minimum absolute atomic E-state index is 0.158. The first-order valence-corrected chi connectivity index (χ1v) is 7.76. The van der Waals surface area contributed by atoms with Crippen molar-refractivity contribution in [3.8, 4) is 0 Å². The largest absolute Gasteiger partial charge is 0.383 e. The van der Waals surface area contributed by atoms with E-state index in [1.807, 2.05) is 0 Å². The lowest BCUT2D eigenvalue weighted by atomic mass is 10.3. The summed E-state index contributed by atoms with van der Waals surface area (Å²) in [5, 5.41) is 7.42. The maximum atomic E-state index is 12.0. The van der Waals surface area contributed by atoms with Crippen LogP contribution in [0.1, 0.15) is 15.3 Å². The van der Waals surface area contributed by atoms with Gasteiger partial charge in [-0.25, -0.2) is 4.68 Å². The molecule has 2 heterocycles. The number of anilines is 1. The van der Waals surface area contributed by atoms with Crippen molar-refractivity contribution in [2.45, 2.75) is 26.9 Å². The van der Waals surface area contributed by atoms with Crippen LogP contribution >= 0.6 is 22.9 Å². The van der Waals surface area contributed by atoms with Gasteiger partial charge in [-0.05, 0) is 25.5 Å². The Balaban J connectivity index is 2.10. The lowest BCUT2D eigenvalue weighted by molar-refractivity contribution is 0.182. The van der Waals surface area contributed by atoms with Crippen molar-refractivity contribution in [3.05, 3.63) is 43.0 Å². The molecule has 114 valence electrons. The predicted molar refractivity (Wildman–Crippen MR) is 86.5 cm³/mol. The van der Waals surface area contributed by atoms with E-state index in [-0.39, 0.29) is 10.6 Å². The van der Waals surface area contributed by atoms with Crippen molar-refractivity contribution >= 4 is 28.6 Å². The maximum absolute atomic E-state index is 12.0. The van der Waals surface area contributed by atoms with Crippen LogP contribution in [0.2, 0.25) is 5.02 Å². The third-order valence-electron chi connectivity index (χ3n) is 3.16. The minimum Gasteiger partial charge on any atom is -0.383 e. The van der Waals surface area contributed by atoms with Crippen LogP contribution in [0, 0.1) is 13.8 Å². The number of aryl methyl sites for hydroxylation is 2. The second-order valence-corrected chi connectivity index (χ2v) is 6.42. The summed E-state index contributed by atoms with van der Waals surface area (Å²) >= 11 is 7.84. The Bertz CT molecular complexity index is 662. The van der Waals surface area contributed by atoms with E-state index < -0.39 is 0 Å². The summed E-state index contributed by atoms with van der Waals surface area (Å²) in [7, 11) is 1.58. The number of rotatable bonds is 6. The zero-order valence-electron chi connectivity index (χ0n) is 12.3. The Morgan fingerprint density at radius 1 is 1.48 bits per heavy atom. The number of halogens is 1. The fraction of sp³-hybridized carbons (Fsp3) is 0.429. The highest BCUT2D eigenvalue weighted by Crippen LogP contribution is 2.23. The fourth-order valence-electron chi connectivity index (χ4n) is 1.84. The first-order valence-electron chi connectivity index (χ1n) is 6.57. The average Bonchev–Trinajstić information content (AvgIpc) is 2.78. The van der Waals surface area contributed by atoms with Crippen molar-refractivity contribution < 1.29 is 4.74 Å². The first kappa shape index (κ1) is 16.0. The van der Waals surface area contributed by atoms with E-state index in [9.17, 15) is 4.79 Å². The van der Waals surface area contributed by atoms with E-state index in [1.54, 1.807) is 24.6 Å². The number of nitrogens with zero attached hydrogens (tertiary/aromatic N) is 2. The zero-order valence-corrected chi connectivity index (χ0v) is 13.8. The molecule has 0 spiro atoms. The Morgan fingerprint density at radius 2 is 2.24 bits per heavy atom. The minimum atomic E-state index is -0.308. The second-order valence-electron chi connectivity index (χ2n) is 4.70. The Morgan fingerprint density at radius 3 is 2.86 bits per heavy atom. The molecule has 5 nitrogen and oxygen atoms in total. The number of hydrogen-bond acceptors (Lipinski definition) is 5. The number of methoxy groups -OCH3 is 1. The highest BCUT2D eigenvalue weighted by atomic mass is 35.5. The van der Waals surface area contributed by atoms with Crippen LogP contribution in [0.15, 0.2) is 17.1 Å². The highest BCUT2D eigenvalue weighted by molar-refractivity contribution is 7.12. The van der Waals surface area contributed by atoms with Gasteiger partial charge in [0, 0.05) is 23.4 Å². The smallest absolute Gasteiger partial charge is 0.287 e. The van der Waals surface area contributed by atoms with Gasteiger partial charge >= 0.3 is 0 Å². The van der Waals surface area contributed by atoms with Crippen molar-refractivity contribution in [1.82, 2.24) is 9.78 Å². The van der Waals surface area contributed by atoms with Gasteiger partial charge in [-0.2, -0.15) is 5.10 Å². The van der Waals surface area contributed by atoms with E-state index >= 15 is 0 Å². The Hall–Kier alpha value is -1.37. The van der Waals surface area contributed by atoms with Gasteiger partial charge in [0.05, 0.1) is 25.0 Å². The molecule has 0 saturated heterocycles. The number of hydrogen-bond donors (Lipinski definition) is 1. The molecule has 0 aliphatic heterocycles. The molecule has 0 unspecified atom stereocenters. The second kappa shape index (κ2) is 7.06. The monoisotopic (exact) mass is 327 g/mol. The molecule has 21 heavy (non-hydrogen) atoms. The normalized spacial score (nSPS) is 10.9. The van der Waals surface area contributed by atoms with Gasteiger partial charge in [0.2, 0.25) is 0 Å². The standard InChI is InChI=1S/C14H18ClN3O2S/c1-9-6-11(21-10(9)2)7-16-12-8-17-18(4-5-20-3)14(19)13(12)15/h6,8,16H,4-5,7H2,1-3H3. The van der Waals surface area contributed by atoms with Crippen LogP contribution in [-0.4, -0.2) is 23.5 Å². The average molecular weight is 328 g/mol. The molecule has 0 amide bonds. The van der Waals surface area contributed by atoms with Crippen LogP contribution in [0.4, 0.5) is 5.69 Å². The SMILES string of the molecule is COCCn1ncc(NCc2cc(C)c(C)s2)c(Cl)c1=O. The fourth-order valence-corrected chi connectivity index (χ4v) is 3.05. The highest BCUT2D eigenvalue weighted by Gasteiger charge is 2.09. The Kier molecular flexibility index (Phi) is 5.39. The van der Waals surface area contributed by atoms with Crippen molar-refractivity contribution in [1.29, 1.82) is 0 Å². The molecule has 2 aromatic rings. The third-order valence-corrected chi connectivity index (χ3v) is 4.68. The quantitative estimate of drug-likeness (QED) is 0.886. The summed E-state index contributed by atoms with van der Waals surface area (Å²) < 4.78 is 6.23. The van der Waals surface area contributed by atoms with Gasteiger partial charge in [-0.15, -0.1) is 11.3 Å². The molecule has 0 fully saturated rings. The topological polar surface area (TPSA) is 56.1 Å². The molecular weight excluding hydrogens is 310 g/mol. The van der Waals surface area contributed by atoms with E-state index in [4.69, 9.17) is 16.3 Å². The predicted octanol–water partition coefficient (Wildman–Crippen LogP) is 2.83. The van der Waals surface area contributed by atoms with Crippen molar-refractivity contribution in [3.63, 3.8) is 0 Å². The van der Waals surface area contributed by atoms with E-state index in [1.165, 1.54) is 20.0 Å². The van der Waals surface area contributed by atoms with Gasteiger partial charge in [0.15, 0.2) is 0 Å². The molecule has 0 aliphatic rings. The Labute approximate surface area is 132 Å². The number of thiophene rings is 1. The van der Waals surface area contributed by atoms with Gasteiger partial charge in [0.1, 0.15) is 5.02 Å². The summed E-state index contributed by atoms with van der Waals surface area (Å²) in [4.78, 5) is 14.5. The summed E-state index contributed by atoms with van der Waals surface area (Å²) in [6.07, 6.45) is 1.58. The molecule has 1 N–H and O–H groups in total. The summed E-state index contributed by atoms with van der Waals surface area (Å²) in [6, 6.07) is 2.13. The van der Waals surface area contributed by atoms with Crippen LogP contribution in [-0.2, 0) is 17.8 Å². The van der Waals surface area contributed by atoms with Crippen LogP contribution in [0.25, 0.3) is 0 Å². The lowest BCUT2D eigenvalue weighted by Crippen LogP contribution is -2.26. The molecular formula is C14H18ClN3O2S. The molecule has 0 bridgehead atoms. The van der Waals surface area contributed by atoms with Gasteiger partial charge < -0.3 is 10.1 Å². The summed E-state index contributed by atoms with van der Waals surface area (Å²) in [5.41, 5.74) is 1.52. The maximum Gasteiger partial charge on any atom is 0.287 e. The van der Waals surface area contributed by atoms with E-state index in [0.29, 0.717) is 25.4 Å². The van der Waals surface area contributed by atoms with Crippen molar-refractivity contribution in [2.24, 2.45) is 0 Å². The van der Waals surface area contributed by atoms with Crippen molar-refractivity contribution in [2.75, 3.05) is 19.0 Å². The molecule has 0 atom stereocenters. The van der Waals surface area contributed by atoms with E-state index in [0.717, 1.165) is 0 Å². The first-order chi connectivity index (χ1) is 10.0. The number of aromatic nitrogens is 2. The van der Waals surface area contributed by atoms with Gasteiger partial charge in [0.25, 0.3) is 5.56 Å². The lowest BCUT2D eigenvalue weighted by Gasteiger charge is -2.09. The molecule has 0 radical (unpaired) electrons. The zero-order chi connectivity index (χ0) is 15.4. The molecule has 2 rings (SSSR count). The number of nitrogens with one attached hydrogen (secondary N) is 1. The van der Waals surface area contributed by atoms with Crippen LogP contribution < -0.4 is 10.9 Å². The number of ether oxygens (including phenoxy) is 1. The molecule has 0 saturated carbocycles. The van der Waals surface area contributed by atoms with Crippen LogP contribution in [0.3, 0.4) is 0 Å². The van der Waals surface area contributed by atoms with E-state index in [2.05, 4.69) is 30.3 Å². The molecule has 0 aliphatic carbocycles. The van der Waals surface area contributed by atoms with Gasteiger partial charge in [-0.3, -0.25) is 4.79 Å². The molecule has 7 heteroatoms. The van der Waals surface area contributed by atoms with Gasteiger partial charge in [-0.1, -0.05) is 11.6 Å².